The molecular formula is C19H37NO2. The normalized spacial score (nSPS) is 28.6. The Hall–Kier alpha value is -0.120. The van der Waals surface area contributed by atoms with Gasteiger partial charge in [0.25, 0.3) is 0 Å². The van der Waals surface area contributed by atoms with Gasteiger partial charge in [0.05, 0.1) is 23.9 Å². The fourth-order valence-electron chi connectivity index (χ4n) is 3.26. The number of nitrogens with zero attached hydrogens (tertiary/aromatic N) is 1. The highest BCUT2D eigenvalue weighted by Crippen LogP contribution is 2.32. The number of ether oxygens (including phenoxy) is 2. The molecule has 1 saturated heterocycles. The second kappa shape index (κ2) is 7.19. The first-order valence-electron chi connectivity index (χ1n) is 9.16. The molecule has 130 valence electrons. The Morgan fingerprint density at radius 1 is 0.864 bits per heavy atom. The molecule has 0 spiro atoms. The molecule has 0 bridgehead atoms. The Balaban J connectivity index is 1.57. The van der Waals surface area contributed by atoms with Gasteiger partial charge in [-0.05, 0) is 64.8 Å². The summed E-state index contributed by atoms with van der Waals surface area (Å²) in [6.45, 7) is 17.0. The monoisotopic (exact) mass is 311 g/mol. The molecule has 3 heteroatoms. The number of piperidine rings is 1. The molecule has 0 N–H and O–H groups in total. The van der Waals surface area contributed by atoms with E-state index in [0.29, 0.717) is 23.7 Å². The molecule has 2 rings (SSSR count). The van der Waals surface area contributed by atoms with E-state index >= 15 is 0 Å². The Bertz CT molecular complexity index is 328. The molecule has 1 heterocycles. The summed E-state index contributed by atoms with van der Waals surface area (Å²) in [5, 5.41) is 0. The van der Waals surface area contributed by atoms with Crippen LogP contribution in [-0.2, 0) is 9.47 Å². The molecule has 0 aromatic heterocycles. The topological polar surface area (TPSA) is 21.7 Å². The second-order valence-corrected chi connectivity index (χ2v) is 9.43. The zero-order chi connectivity index (χ0) is 16.4. The van der Waals surface area contributed by atoms with Crippen LogP contribution in [0.2, 0.25) is 0 Å². The van der Waals surface area contributed by atoms with Crippen molar-refractivity contribution in [2.24, 2.45) is 5.41 Å². The van der Waals surface area contributed by atoms with Crippen LogP contribution in [0.1, 0.15) is 73.6 Å². The molecule has 0 aromatic rings. The fraction of sp³-hybridized carbons (Fsp3) is 1.00. The van der Waals surface area contributed by atoms with Crippen molar-refractivity contribution >= 4 is 0 Å². The van der Waals surface area contributed by atoms with Crippen molar-refractivity contribution in [3.8, 4) is 0 Å². The van der Waals surface area contributed by atoms with Crippen LogP contribution in [0.5, 0.6) is 0 Å². The van der Waals surface area contributed by atoms with E-state index in [2.05, 4.69) is 46.4 Å². The zero-order valence-corrected chi connectivity index (χ0v) is 15.7. The highest BCUT2D eigenvalue weighted by Gasteiger charge is 2.35. The third kappa shape index (κ3) is 6.55. The lowest BCUT2D eigenvalue weighted by atomic mass is 9.90. The van der Waals surface area contributed by atoms with Crippen molar-refractivity contribution in [2.75, 3.05) is 19.6 Å². The molecule has 2 fully saturated rings. The van der Waals surface area contributed by atoms with Crippen LogP contribution in [0.3, 0.4) is 0 Å². The van der Waals surface area contributed by atoms with Gasteiger partial charge in [-0.15, -0.1) is 0 Å². The molecule has 0 unspecified atom stereocenters. The number of rotatable bonds is 5. The van der Waals surface area contributed by atoms with Crippen LogP contribution < -0.4 is 0 Å². The number of hydrogen-bond donors (Lipinski definition) is 0. The minimum atomic E-state index is -0.0198. The Kier molecular flexibility index (Phi) is 5.95. The summed E-state index contributed by atoms with van der Waals surface area (Å²) in [5.41, 5.74) is 0.426. The minimum absolute atomic E-state index is 0.0198. The summed E-state index contributed by atoms with van der Waals surface area (Å²) in [7, 11) is 0. The molecular weight excluding hydrogens is 274 g/mol. The predicted molar refractivity (Wildman–Crippen MR) is 92.3 cm³/mol. The number of hydrogen-bond acceptors (Lipinski definition) is 3. The van der Waals surface area contributed by atoms with Crippen LogP contribution >= 0.6 is 0 Å². The van der Waals surface area contributed by atoms with Crippen molar-refractivity contribution in [1.82, 2.24) is 4.90 Å². The zero-order valence-electron chi connectivity index (χ0n) is 15.7. The van der Waals surface area contributed by atoms with Crippen LogP contribution in [0, 0.1) is 5.41 Å². The van der Waals surface area contributed by atoms with E-state index in [-0.39, 0.29) is 5.60 Å². The van der Waals surface area contributed by atoms with Gasteiger partial charge in [-0.2, -0.15) is 0 Å². The largest absolute Gasteiger partial charge is 0.375 e. The maximum Gasteiger partial charge on any atom is 0.0631 e. The predicted octanol–water partition coefficient (Wildman–Crippen LogP) is 4.25. The Morgan fingerprint density at radius 3 is 1.95 bits per heavy atom. The quantitative estimate of drug-likeness (QED) is 0.757. The maximum atomic E-state index is 6.26. The molecule has 2 aliphatic rings. The standard InChI is InChI=1S/C19H37NO2/c1-18(2,3)9-12-20-10-7-15(8-11-20)21-16-13-17(14-16)22-19(4,5)6/h15-17H,7-14H2,1-6H3. The van der Waals surface area contributed by atoms with Gasteiger partial charge in [0.15, 0.2) is 0 Å². The molecule has 1 aliphatic carbocycles. The third-order valence-electron chi connectivity index (χ3n) is 4.67. The fourth-order valence-corrected chi connectivity index (χ4v) is 3.26. The first kappa shape index (κ1) is 18.2. The molecule has 0 atom stereocenters. The van der Waals surface area contributed by atoms with Gasteiger partial charge in [0, 0.05) is 13.1 Å². The molecule has 3 nitrogen and oxygen atoms in total. The van der Waals surface area contributed by atoms with E-state index in [9.17, 15) is 0 Å². The molecule has 1 aliphatic heterocycles. The van der Waals surface area contributed by atoms with Gasteiger partial charge in [-0.25, -0.2) is 0 Å². The molecule has 1 saturated carbocycles. The van der Waals surface area contributed by atoms with E-state index in [1.165, 1.54) is 38.9 Å². The Labute approximate surface area is 137 Å². The van der Waals surface area contributed by atoms with E-state index in [1.54, 1.807) is 0 Å². The van der Waals surface area contributed by atoms with Crippen LogP contribution in [-0.4, -0.2) is 48.4 Å². The van der Waals surface area contributed by atoms with Gasteiger partial charge in [-0.3, -0.25) is 0 Å². The highest BCUT2D eigenvalue weighted by atomic mass is 16.5. The molecule has 0 aromatic carbocycles. The summed E-state index contributed by atoms with van der Waals surface area (Å²) < 4.78 is 12.2. The smallest absolute Gasteiger partial charge is 0.0631 e. The van der Waals surface area contributed by atoms with Gasteiger partial charge in [-0.1, -0.05) is 20.8 Å². The lowest BCUT2D eigenvalue weighted by Gasteiger charge is -2.42. The number of likely N-dealkylation sites (tertiary alicyclic amines) is 1. The van der Waals surface area contributed by atoms with Crippen LogP contribution in [0.25, 0.3) is 0 Å². The lowest BCUT2D eigenvalue weighted by Crippen LogP contribution is -2.45. The summed E-state index contributed by atoms with van der Waals surface area (Å²) in [6, 6.07) is 0. The third-order valence-corrected chi connectivity index (χ3v) is 4.67. The van der Waals surface area contributed by atoms with Gasteiger partial charge in [0.1, 0.15) is 0 Å². The summed E-state index contributed by atoms with van der Waals surface area (Å²) in [5.74, 6) is 0. The van der Waals surface area contributed by atoms with Crippen molar-refractivity contribution in [3.63, 3.8) is 0 Å². The van der Waals surface area contributed by atoms with Crippen molar-refractivity contribution in [1.29, 1.82) is 0 Å². The van der Waals surface area contributed by atoms with Gasteiger partial charge < -0.3 is 14.4 Å². The molecule has 0 amide bonds. The lowest BCUT2D eigenvalue weighted by molar-refractivity contribution is -0.167. The van der Waals surface area contributed by atoms with E-state index in [1.807, 2.05) is 0 Å². The van der Waals surface area contributed by atoms with Crippen molar-refractivity contribution < 1.29 is 9.47 Å². The van der Waals surface area contributed by atoms with E-state index in [4.69, 9.17) is 9.47 Å². The summed E-state index contributed by atoms with van der Waals surface area (Å²) in [4.78, 5) is 2.61. The SMILES string of the molecule is CC(C)(C)CCN1CCC(OC2CC(OC(C)(C)C)C2)CC1. The summed E-state index contributed by atoms with van der Waals surface area (Å²) >= 11 is 0. The maximum absolute atomic E-state index is 6.26. The first-order valence-corrected chi connectivity index (χ1v) is 9.16. The van der Waals surface area contributed by atoms with E-state index < -0.39 is 0 Å². The second-order valence-electron chi connectivity index (χ2n) is 9.43. The van der Waals surface area contributed by atoms with Crippen molar-refractivity contribution in [3.05, 3.63) is 0 Å². The first-order chi connectivity index (χ1) is 10.1. The van der Waals surface area contributed by atoms with Crippen LogP contribution in [0.4, 0.5) is 0 Å². The molecule has 0 radical (unpaired) electrons. The van der Waals surface area contributed by atoms with Crippen LogP contribution in [0.15, 0.2) is 0 Å². The Morgan fingerprint density at radius 2 is 1.45 bits per heavy atom. The van der Waals surface area contributed by atoms with Gasteiger partial charge in [0.2, 0.25) is 0 Å². The van der Waals surface area contributed by atoms with Crippen molar-refractivity contribution in [2.45, 2.75) is 97.6 Å². The average molecular weight is 312 g/mol. The van der Waals surface area contributed by atoms with E-state index in [0.717, 1.165) is 12.8 Å². The van der Waals surface area contributed by atoms with Gasteiger partial charge >= 0.3 is 0 Å². The minimum Gasteiger partial charge on any atom is -0.375 e. The average Bonchev–Trinajstić information content (AvgIpc) is 2.33. The highest BCUT2D eigenvalue weighted by molar-refractivity contribution is 4.85. The molecule has 22 heavy (non-hydrogen) atoms. The summed E-state index contributed by atoms with van der Waals surface area (Å²) in [6.07, 6.45) is 7.19.